The predicted molar refractivity (Wildman–Crippen MR) is 50.9 cm³/mol. The van der Waals surface area contributed by atoms with Crippen LogP contribution in [0.5, 0.6) is 0 Å². The second kappa shape index (κ2) is 5.93. The third-order valence-electron chi connectivity index (χ3n) is 1.55. The smallest absolute Gasteiger partial charge is 1.00 e. The number of nitrogen functional groups attached to an aromatic ring is 1. The van der Waals surface area contributed by atoms with Crippen molar-refractivity contribution in [2.75, 3.05) is 5.73 Å². The van der Waals surface area contributed by atoms with Gasteiger partial charge < -0.3 is 12.4 Å². The second-order valence-corrected chi connectivity index (χ2v) is 2.82. The van der Waals surface area contributed by atoms with Crippen LogP contribution in [0.3, 0.4) is 0 Å². The van der Waals surface area contributed by atoms with Crippen molar-refractivity contribution in [3.8, 4) is 6.07 Å². The minimum Gasteiger partial charge on any atom is -1.00 e. The van der Waals surface area contributed by atoms with Gasteiger partial charge in [0.1, 0.15) is 11.9 Å². The molecule has 0 aliphatic rings. The number of hydrogen-bond donors (Lipinski definition) is 2. The Labute approximate surface area is 114 Å². The van der Waals surface area contributed by atoms with Gasteiger partial charge in [0, 0.05) is 5.56 Å². The van der Waals surface area contributed by atoms with Crippen molar-refractivity contribution >= 4 is 23.0 Å². The Bertz CT molecular complexity index is 450. The first kappa shape index (κ1) is 14.2. The van der Waals surface area contributed by atoms with E-state index in [2.05, 4.69) is 5.16 Å². The van der Waals surface area contributed by atoms with E-state index in [-0.39, 0.29) is 53.0 Å². The van der Waals surface area contributed by atoms with Crippen LogP contribution in [-0.2, 0) is 0 Å². The van der Waals surface area contributed by atoms with Crippen LogP contribution >= 0.6 is 11.6 Å². The quantitative estimate of drug-likeness (QED) is 0.213. The first-order valence-corrected chi connectivity index (χ1v) is 3.85. The van der Waals surface area contributed by atoms with Crippen LogP contribution in [0.4, 0.5) is 10.1 Å². The molecule has 3 N–H and O–H groups in total. The van der Waals surface area contributed by atoms with E-state index in [9.17, 15) is 4.39 Å². The molecule has 0 spiro atoms. The summed E-state index contributed by atoms with van der Waals surface area (Å²) < 4.78 is 12.8. The SMILES string of the molecule is N#CC(=NO)c1cc(N)c(F)cc1Cl.[H-].[Na+]. The van der Waals surface area contributed by atoms with Gasteiger partial charge in [0.15, 0.2) is 5.71 Å². The second-order valence-electron chi connectivity index (χ2n) is 2.41. The summed E-state index contributed by atoms with van der Waals surface area (Å²) in [4.78, 5) is 0. The molecule has 7 heteroatoms. The Kier molecular flexibility index (Phi) is 5.61. The van der Waals surface area contributed by atoms with Crippen molar-refractivity contribution in [1.82, 2.24) is 0 Å². The first-order valence-electron chi connectivity index (χ1n) is 3.47. The summed E-state index contributed by atoms with van der Waals surface area (Å²) >= 11 is 5.62. The van der Waals surface area contributed by atoms with E-state index in [0.29, 0.717) is 0 Å². The molecule has 0 bridgehead atoms. The molecule has 0 atom stereocenters. The number of oxime groups is 1. The molecule has 0 unspecified atom stereocenters. The van der Waals surface area contributed by atoms with Crippen molar-refractivity contribution in [1.29, 1.82) is 5.26 Å². The Morgan fingerprint density at radius 2 is 2.27 bits per heavy atom. The number of halogens is 2. The number of benzene rings is 1. The molecule has 1 rings (SSSR count). The molecular formula is C8H6ClFN3NaO. The summed E-state index contributed by atoms with van der Waals surface area (Å²) in [6, 6.07) is 3.68. The first-order chi connectivity index (χ1) is 6.60. The van der Waals surface area contributed by atoms with Crippen molar-refractivity contribution in [3.63, 3.8) is 0 Å². The maximum absolute atomic E-state index is 12.8. The topological polar surface area (TPSA) is 82.4 Å². The van der Waals surface area contributed by atoms with Crippen molar-refractivity contribution in [2.24, 2.45) is 5.16 Å². The number of hydrogen-bond acceptors (Lipinski definition) is 4. The summed E-state index contributed by atoms with van der Waals surface area (Å²) in [5.41, 5.74) is 4.87. The largest absolute Gasteiger partial charge is 1.00 e. The summed E-state index contributed by atoms with van der Waals surface area (Å²) in [7, 11) is 0. The number of nitriles is 1. The molecular weight excluding hydrogens is 232 g/mol. The fourth-order valence-corrected chi connectivity index (χ4v) is 1.12. The minimum absolute atomic E-state index is 0. The number of nitrogens with two attached hydrogens (primary N) is 1. The van der Waals surface area contributed by atoms with Crippen LogP contribution < -0.4 is 35.3 Å². The molecule has 4 nitrogen and oxygen atoms in total. The standard InChI is InChI=1S/C8H5ClFN3O.Na.H/c9-5-2-6(10)7(12)1-4(5)8(3-11)13-14;;/h1-2,14H,12H2;;/q;+1;-1. The molecule has 1 aromatic carbocycles. The van der Waals surface area contributed by atoms with E-state index >= 15 is 0 Å². The normalized spacial score (nSPS) is 10.3. The minimum atomic E-state index is -0.686. The monoisotopic (exact) mass is 237 g/mol. The molecule has 0 aliphatic heterocycles. The van der Waals surface area contributed by atoms with Crippen LogP contribution in [0, 0.1) is 17.1 Å². The van der Waals surface area contributed by atoms with E-state index < -0.39 is 5.82 Å². The van der Waals surface area contributed by atoms with E-state index in [1.807, 2.05) is 0 Å². The number of rotatable bonds is 1. The number of nitrogens with zero attached hydrogens (tertiary/aromatic N) is 2. The van der Waals surface area contributed by atoms with Gasteiger partial charge in [-0.3, -0.25) is 0 Å². The Morgan fingerprint density at radius 1 is 1.67 bits per heavy atom. The van der Waals surface area contributed by atoms with Gasteiger partial charge in [0.25, 0.3) is 0 Å². The fourth-order valence-electron chi connectivity index (χ4n) is 0.884. The molecule has 0 fully saturated rings. The van der Waals surface area contributed by atoms with Crippen LogP contribution in [0.15, 0.2) is 17.3 Å². The van der Waals surface area contributed by atoms with Gasteiger partial charge in [-0.1, -0.05) is 16.8 Å². The van der Waals surface area contributed by atoms with Crippen molar-refractivity contribution < 1.29 is 40.6 Å². The zero-order valence-corrected chi connectivity index (χ0v) is 10.6. The molecule has 0 heterocycles. The van der Waals surface area contributed by atoms with Gasteiger partial charge in [-0.15, -0.1) is 0 Å². The third kappa shape index (κ3) is 3.08. The van der Waals surface area contributed by atoms with Crippen LogP contribution in [0.1, 0.15) is 6.99 Å². The molecule has 0 amide bonds. The number of anilines is 1. The molecule has 1 aromatic rings. The summed E-state index contributed by atoms with van der Waals surface area (Å²) in [6.45, 7) is 0. The van der Waals surface area contributed by atoms with Gasteiger partial charge in [0.05, 0.1) is 10.7 Å². The molecule has 0 saturated heterocycles. The average molecular weight is 238 g/mol. The Balaban J connectivity index is 0. The predicted octanol–water partition coefficient (Wildman–Crippen LogP) is -1.12. The van der Waals surface area contributed by atoms with Gasteiger partial charge in [-0.2, -0.15) is 5.26 Å². The van der Waals surface area contributed by atoms with Crippen molar-refractivity contribution in [3.05, 3.63) is 28.5 Å². The average Bonchev–Trinajstić information content (AvgIpc) is 2.15. The van der Waals surface area contributed by atoms with Crippen LogP contribution in [0.2, 0.25) is 5.02 Å². The van der Waals surface area contributed by atoms with Gasteiger partial charge in [-0.05, 0) is 12.1 Å². The van der Waals surface area contributed by atoms with Crippen LogP contribution in [0.25, 0.3) is 0 Å². The summed E-state index contributed by atoms with van der Waals surface area (Å²) in [6.07, 6.45) is 0. The summed E-state index contributed by atoms with van der Waals surface area (Å²) in [5, 5.41) is 19.6. The van der Waals surface area contributed by atoms with E-state index in [4.69, 9.17) is 27.8 Å². The molecule has 0 aliphatic carbocycles. The third-order valence-corrected chi connectivity index (χ3v) is 1.86. The molecule has 0 aromatic heterocycles. The molecule has 74 valence electrons. The van der Waals surface area contributed by atoms with E-state index in [1.54, 1.807) is 6.07 Å². The maximum Gasteiger partial charge on any atom is 1.00 e. The Morgan fingerprint density at radius 3 is 2.73 bits per heavy atom. The summed E-state index contributed by atoms with van der Waals surface area (Å²) in [5.74, 6) is -0.686. The zero-order valence-electron chi connectivity index (χ0n) is 8.83. The van der Waals surface area contributed by atoms with Gasteiger partial charge in [0.2, 0.25) is 0 Å². The van der Waals surface area contributed by atoms with E-state index in [1.165, 1.54) is 0 Å². The molecule has 15 heavy (non-hydrogen) atoms. The molecule has 0 saturated carbocycles. The molecule has 0 radical (unpaired) electrons. The zero-order chi connectivity index (χ0) is 10.7. The van der Waals surface area contributed by atoms with Gasteiger partial charge in [-0.25, -0.2) is 4.39 Å². The van der Waals surface area contributed by atoms with Crippen molar-refractivity contribution in [2.45, 2.75) is 0 Å². The van der Waals surface area contributed by atoms with E-state index in [0.717, 1.165) is 12.1 Å². The maximum atomic E-state index is 12.8. The van der Waals surface area contributed by atoms with Gasteiger partial charge >= 0.3 is 29.6 Å². The Hall–Kier alpha value is -0.800. The fraction of sp³-hybridized carbons (Fsp3) is 0. The van der Waals surface area contributed by atoms with Crippen LogP contribution in [-0.4, -0.2) is 10.9 Å².